The van der Waals surface area contributed by atoms with Gasteiger partial charge in [0.15, 0.2) is 0 Å². The number of carbonyl (C=O) groups excluding carboxylic acids is 1. The number of nitriles is 1. The van der Waals surface area contributed by atoms with Gasteiger partial charge in [0, 0.05) is 0 Å². The number of hydrogen-bond donors (Lipinski definition) is 2. The van der Waals surface area contributed by atoms with Gasteiger partial charge >= 0.3 is 17.9 Å². The van der Waals surface area contributed by atoms with Crippen molar-refractivity contribution in [3.8, 4) is 6.07 Å². The normalized spacial score (nSPS) is 11.0. The van der Waals surface area contributed by atoms with E-state index in [-0.39, 0.29) is 18.1 Å². The largest absolute Gasteiger partial charge is 0.478 e. The maximum atomic E-state index is 11.8. The summed E-state index contributed by atoms with van der Waals surface area (Å²) in [7, 11) is 0. The van der Waals surface area contributed by atoms with Crippen LogP contribution in [-0.4, -0.2) is 34.7 Å². The van der Waals surface area contributed by atoms with Gasteiger partial charge < -0.3 is 14.9 Å². The van der Waals surface area contributed by atoms with Crippen LogP contribution in [0.2, 0.25) is 0 Å². The molecule has 1 rings (SSSR count). The highest BCUT2D eigenvalue weighted by atomic mass is 16.5. The van der Waals surface area contributed by atoms with Gasteiger partial charge in [-0.2, -0.15) is 5.26 Å². The Morgan fingerprint density at radius 1 is 1.26 bits per heavy atom. The Morgan fingerprint density at radius 3 is 2.39 bits per heavy atom. The van der Waals surface area contributed by atoms with Crippen molar-refractivity contribution in [2.45, 2.75) is 13.8 Å². The number of rotatable bonds is 6. The molecule has 0 heterocycles. The quantitative estimate of drug-likeness (QED) is 0.468. The van der Waals surface area contributed by atoms with E-state index in [2.05, 4.69) is 0 Å². The first-order valence-electron chi connectivity index (χ1n) is 6.66. The number of esters is 1. The number of benzene rings is 1. The molecule has 0 radical (unpaired) electrons. The molecule has 0 fully saturated rings. The third-order valence-corrected chi connectivity index (χ3v) is 2.73. The Morgan fingerprint density at radius 2 is 1.91 bits per heavy atom. The minimum absolute atomic E-state index is 0.0598. The molecule has 0 atom stereocenters. The second kappa shape index (κ2) is 7.75. The summed E-state index contributed by atoms with van der Waals surface area (Å²) in [6.45, 7) is 3.75. The highest BCUT2D eigenvalue weighted by Crippen LogP contribution is 2.19. The van der Waals surface area contributed by atoms with Gasteiger partial charge in [-0.1, -0.05) is 26.0 Å². The van der Waals surface area contributed by atoms with Crippen LogP contribution in [0.25, 0.3) is 6.08 Å². The van der Waals surface area contributed by atoms with Crippen molar-refractivity contribution in [2.75, 3.05) is 6.61 Å². The second-order valence-electron chi connectivity index (χ2n) is 5.04. The Hall–Kier alpha value is -3.14. The van der Waals surface area contributed by atoms with Gasteiger partial charge in [-0.15, -0.1) is 0 Å². The zero-order chi connectivity index (χ0) is 17.6. The topological polar surface area (TPSA) is 125 Å². The van der Waals surface area contributed by atoms with Crippen molar-refractivity contribution >= 4 is 24.0 Å². The molecule has 7 heteroatoms. The van der Waals surface area contributed by atoms with Gasteiger partial charge in [-0.25, -0.2) is 14.4 Å². The van der Waals surface area contributed by atoms with Crippen molar-refractivity contribution in [1.82, 2.24) is 0 Å². The van der Waals surface area contributed by atoms with Crippen molar-refractivity contribution in [1.29, 1.82) is 5.26 Å². The van der Waals surface area contributed by atoms with E-state index in [9.17, 15) is 19.5 Å². The van der Waals surface area contributed by atoms with Crippen molar-refractivity contribution < 1.29 is 29.3 Å². The molecule has 0 aliphatic rings. The van der Waals surface area contributed by atoms with Crippen molar-refractivity contribution in [3.05, 3.63) is 40.5 Å². The van der Waals surface area contributed by atoms with E-state index in [4.69, 9.17) is 15.1 Å². The van der Waals surface area contributed by atoms with Crippen LogP contribution in [0.4, 0.5) is 0 Å². The third kappa shape index (κ3) is 4.68. The SMILES string of the molecule is CC(C)COC(=O)/C(C#N)=C/c1cccc(C(=O)O)c1C(=O)O. The lowest BCUT2D eigenvalue weighted by Gasteiger charge is -2.08. The summed E-state index contributed by atoms with van der Waals surface area (Å²) in [5, 5.41) is 27.3. The lowest BCUT2D eigenvalue weighted by atomic mass is 9.99. The number of ether oxygens (including phenoxy) is 1. The van der Waals surface area contributed by atoms with Gasteiger partial charge in [0.25, 0.3) is 0 Å². The molecule has 0 saturated heterocycles. The molecule has 0 unspecified atom stereocenters. The van der Waals surface area contributed by atoms with Gasteiger partial charge in [-0.3, -0.25) is 0 Å². The zero-order valence-electron chi connectivity index (χ0n) is 12.6. The number of carboxylic acid groups (broad SMARTS) is 2. The van der Waals surface area contributed by atoms with Crippen LogP contribution in [0.3, 0.4) is 0 Å². The van der Waals surface area contributed by atoms with Gasteiger partial charge in [0.05, 0.1) is 17.7 Å². The summed E-state index contributed by atoms with van der Waals surface area (Å²) >= 11 is 0. The van der Waals surface area contributed by atoms with E-state index < -0.39 is 34.6 Å². The Balaban J connectivity index is 3.31. The van der Waals surface area contributed by atoms with E-state index in [1.807, 2.05) is 13.8 Å². The van der Waals surface area contributed by atoms with Gasteiger partial charge in [0.2, 0.25) is 0 Å². The second-order valence-corrected chi connectivity index (χ2v) is 5.04. The maximum absolute atomic E-state index is 11.8. The molecule has 0 aliphatic carbocycles. The summed E-state index contributed by atoms with van der Waals surface area (Å²) in [6.07, 6.45) is 1.01. The van der Waals surface area contributed by atoms with Crippen LogP contribution in [0, 0.1) is 17.2 Å². The first-order chi connectivity index (χ1) is 10.8. The summed E-state index contributed by atoms with van der Waals surface area (Å²) < 4.78 is 4.91. The molecule has 2 N–H and O–H groups in total. The highest BCUT2D eigenvalue weighted by Gasteiger charge is 2.20. The molecule has 7 nitrogen and oxygen atoms in total. The van der Waals surface area contributed by atoms with Crippen LogP contribution < -0.4 is 0 Å². The summed E-state index contributed by atoms with van der Waals surface area (Å²) in [4.78, 5) is 34.2. The molecule has 120 valence electrons. The van der Waals surface area contributed by atoms with Crippen LogP contribution in [0.1, 0.15) is 40.1 Å². The Bertz CT molecular complexity index is 712. The standard InChI is InChI=1S/C16H15NO6/c1-9(2)8-23-16(22)11(7-17)6-10-4-3-5-12(14(18)19)13(10)15(20)21/h3-6,9H,8H2,1-2H3,(H,18,19)(H,20,21)/b11-6+. The van der Waals surface area contributed by atoms with Gasteiger partial charge in [0.1, 0.15) is 11.6 Å². The van der Waals surface area contributed by atoms with Crippen LogP contribution in [0.15, 0.2) is 23.8 Å². The summed E-state index contributed by atoms with van der Waals surface area (Å²) in [5.41, 5.74) is -1.39. The molecule has 0 saturated carbocycles. The van der Waals surface area contributed by atoms with E-state index in [0.29, 0.717) is 0 Å². The molecule has 0 amide bonds. The van der Waals surface area contributed by atoms with Crippen molar-refractivity contribution in [2.24, 2.45) is 5.92 Å². The maximum Gasteiger partial charge on any atom is 0.348 e. The number of nitrogens with zero attached hydrogens (tertiary/aromatic N) is 1. The molecular weight excluding hydrogens is 302 g/mol. The van der Waals surface area contributed by atoms with E-state index >= 15 is 0 Å². The molecule has 1 aromatic rings. The van der Waals surface area contributed by atoms with E-state index in [1.165, 1.54) is 12.1 Å². The minimum Gasteiger partial charge on any atom is -0.478 e. The van der Waals surface area contributed by atoms with Gasteiger partial charge in [-0.05, 0) is 23.6 Å². The number of aromatic carboxylic acids is 2. The number of carboxylic acids is 2. The highest BCUT2D eigenvalue weighted by molar-refractivity contribution is 6.06. The molecule has 0 bridgehead atoms. The van der Waals surface area contributed by atoms with Crippen LogP contribution >= 0.6 is 0 Å². The predicted molar refractivity (Wildman–Crippen MR) is 79.7 cm³/mol. The smallest absolute Gasteiger partial charge is 0.348 e. The van der Waals surface area contributed by atoms with Crippen LogP contribution in [-0.2, 0) is 9.53 Å². The molecule has 0 aliphatic heterocycles. The molecular formula is C16H15NO6. The van der Waals surface area contributed by atoms with Crippen molar-refractivity contribution in [3.63, 3.8) is 0 Å². The lowest BCUT2D eigenvalue weighted by Crippen LogP contribution is -2.13. The van der Waals surface area contributed by atoms with E-state index in [1.54, 1.807) is 6.07 Å². The minimum atomic E-state index is -1.47. The molecule has 23 heavy (non-hydrogen) atoms. The molecule has 0 spiro atoms. The summed E-state index contributed by atoms with van der Waals surface area (Å²) in [5.74, 6) is -3.71. The lowest BCUT2D eigenvalue weighted by molar-refractivity contribution is -0.139. The average molecular weight is 317 g/mol. The Labute approximate surface area is 132 Å². The monoisotopic (exact) mass is 317 g/mol. The predicted octanol–water partition coefficient (Wildman–Crippen LogP) is 2.19. The fourth-order valence-corrected chi connectivity index (χ4v) is 1.72. The zero-order valence-corrected chi connectivity index (χ0v) is 12.6. The number of hydrogen-bond acceptors (Lipinski definition) is 5. The molecule has 1 aromatic carbocycles. The summed E-state index contributed by atoms with van der Waals surface area (Å²) in [6, 6.07) is 5.40. The fourth-order valence-electron chi connectivity index (χ4n) is 1.72. The third-order valence-electron chi connectivity index (χ3n) is 2.73. The van der Waals surface area contributed by atoms with Crippen LogP contribution in [0.5, 0.6) is 0 Å². The number of carbonyl (C=O) groups is 3. The fraction of sp³-hybridized carbons (Fsp3) is 0.250. The van der Waals surface area contributed by atoms with E-state index in [0.717, 1.165) is 12.1 Å². The first kappa shape index (κ1) is 17.9. The molecule has 0 aromatic heterocycles. The Kier molecular flexibility index (Phi) is 6.04. The average Bonchev–Trinajstić information content (AvgIpc) is 2.49. The first-order valence-corrected chi connectivity index (χ1v) is 6.66.